The molecule has 1 aromatic carbocycles. The van der Waals surface area contributed by atoms with Crippen molar-refractivity contribution < 1.29 is 17.6 Å². The van der Waals surface area contributed by atoms with Crippen LogP contribution in [0.15, 0.2) is 48.9 Å². The van der Waals surface area contributed by atoms with E-state index in [0.29, 0.717) is 0 Å². The van der Waals surface area contributed by atoms with E-state index in [-0.39, 0.29) is 27.8 Å². The van der Waals surface area contributed by atoms with E-state index in [2.05, 4.69) is 25.4 Å². The number of rotatable bonds is 3. The van der Waals surface area contributed by atoms with Gasteiger partial charge in [-0.15, -0.1) is 10.2 Å². The summed E-state index contributed by atoms with van der Waals surface area (Å²) in [5, 5.41) is 15.3. The highest BCUT2D eigenvalue weighted by Gasteiger charge is 2.43. The normalized spacial score (nSPS) is 12.2. The summed E-state index contributed by atoms with van der Waals surface area (Å²) in [5.74, 6) is -6.42. The van der Waals surface area contributed by atoms with Crippen LogP contribution in [0.3, 0.4) is 0 Å². The molecule has 30 heavy (non-hydrogen) atoms. The second-order valence-electron chi connectivity index (χ2n) is 6.64. The van der Waals surface area contributed by atoms with Crippen LogP contribution in [-0.2, 0) is 13.0 Å². The monoisotopic (exact) mass is 413 g/mol. The van der Waals surface area contributed by atoms with Crippen molar-refractivity contribution in [2.45, 2.75) is 5.92 Å². The highest BCUT2D eigenvalue weighted by molar-refractivity contribution is 5.80. The average molecular weight is 413 g/mol. The summed E-state index contributed by atoms with van der Waals surface area (Å²) in [5.41, 5.74) is -0.144. The van der Waals surface area contributed by atoms with Crippen molar-refractivity contribution in [1.29, 1.82) is 0 Å². The van der Waals surface area contributed by atoms with Crippen LogP contribution >= 0.6 is 0 Å². The fraction of sp³-hybridized carbons (Fsp3) is 0.105. The zero-order valence-electron chi connectivity index (χ0n) is 15.3. The van der Waals surface area contributed by atoms with Crippen LogP contribution in [0.4, 0.5) is 17.6 Å². The van der Waals surface area contributed by atoms with E-state index >= 15 is 8.78 Å². The Morgan fingerprint density at radius 3 is 2.60 bits per heavy atom. The van der Waals surface area contributed by atoms with Crippen molar-refractivity contribution in [3.8, 4) is 11.3 Å². The van der Waals surface area contributed by atoms with Gasteiger partial charge in [0.2, 0.25) is 5.82 Å². The summed E-state index contributed by atoms with van der Waals surface area (Å²) >= 11 is 0. The summed E-state index contributed by atoms with van der Waals surface area (Å²) in [6, 6.07) is 6.32. The van der Waals surface area contributed by atoms with Gasteiger partial charge in [0, 0.05) is 25.0 Å². The Morgan fingerprint density at radius 2 is 1.80 bits per heavy atom. The van der Waals surface area contributed by atoms with Gasteiger partial charge in [0.25, 0.3) is 0 Å². The molecule has 0 aliphatic rings. The molecular weight excluding hydrogens is 402 g/mol. The van der Waals surface area contributed by atoms with Crippen molar-refractivity contribution in [3.05, 3.63) is 71.9 Å². The number of pyridine rings is 1. The van der Waals surface area contributed by atoms with Crippen LogP contribution in [-0.4, -0.2) is 34.6 Å². The van der Waals surface area contributed by atoms with Crippen molar-refractivity contribution >= 4 is 16.6 Å². The lowest BCUT2D eigenvalue weighted by molar-refractivity contribution is 0.0271. The molecule has 7 nitrogen and oxygen atoms in total. The molecule has 0 saturated carbocycles. The van der Waals surface area contributed by atoms with Crippen LogP contribution < -0.4 is 0 Å². The summed E-state index contributed by atoms with van der Waals surface area (Å²) in [6.07, 6.45) is 3.67. The van der Waals surface area contributed by atoms with Gasteiger partial charge < -0.3 is 0 Å². The maximum Gasteiger partial charge on any atom is 0.336 e. The van der Waals surface area contributed by atoms with Crippen molar-refractivity contribution in [2.24, 2.45) is 7.05 Å². The van der Waals surface area contributed by atoms with Gasteiger partial charge in [0.1, 0.15) is 11.6 Å². The third-order valence-electron chi connectivity index (χ3n) is 4.62. The maximum atomic E-state index is 15.3. The minimum atomic E-state index is -3.85. The second kappa shape index (κ2) is 6.31. The Kier molecular flexibility index (Phi) is 3.82. The third-order valence-corrected chi connectivity index (χ3v) is 4.62. The highest BCUT2D eigenvalue weighted by Crippen LogP contribution is 2.38. The Balaban J connectivity index is 1.68. The van der Waals surface area contributed by atoms with E-state index in [9.17, 15) is 8.78 Å². The molecular formula is C19H11F4N7. The van der Waals surface area contributed by atoms with Crippen molar-refractivity contribution in [2.75, 3.05) is 0 Å². The Bertz CT molecular complexity index is 1420. The standard InChI is InChI=1S/C19H11F4N7/c1-29-9-12-15(27-29)3-2-13(17(12)21)19(22,23)18-26-25-16-5-4-14(28-30(16)18)10-6-11(20)8-24-7-10/h2-9H,1H3. The van der Waals surface area contributed by atoms with E-state index in [1.807, 2.05) is 0 Å². The number of nitrogens with zero attached hydrogens (tertiary/aromatic N) is 7. The molecule has 5 rings (SSSR count). The van der Waals surface area contributed by atoms with Crippen LogP contribution in [0.25, 0.3) is 27.8 Å². The van der Waals surface area contributed by atoms with E-state index in [4.69, 9.17) is 0 Å². The molecule has 0 aliphatic heterocycles. The molecule has 0 spiro atoms. The average Bonchev–Trinajstić information content (AvgIpc) is 3.31. The number of benzene rings is 1. The van der Waals surface area contributed by atoms with Gasteiger partial charge in [0.15, 0.2) is 5.65 Å². The minimum Gasteiger partial charge on any atom is -0.274 e. The zero-order valence-corrected chi connectivity index (χ0v) is 15.3. The molecule has 0 amide bonds. The second-order valence-corrected chi connectivity index (χ2v) is 6.64. The van der Waals surface area contributed by atoms with Crippen LogP contribution in [0.1, 0.15) is 11.4 Å². The number of hydrogen-bond acceptors (Lipinski definition) is 5. The number of hydrogen-bond donors (Lipinski definition) is 0. The van der Waals surface area contributed by atoms with Gasteiger partial charge in [-0.25, -0.2) is 8.78 Å². The van der Waals surface area contributed by atoms with Gasteiger partial charge >= 0.3 is 5.92 Å². The fourth-order valence-electron chi connectivity index (χ4n) is 3.23. The molecule has 4 aromatic heterocycles. The molecule has 11 heteroatoms. The van der Waals surface area contributed by atoms with Crippen LogP contribution in [0.2, 0.25) is 0 Å². The number of aromatic nitrogens is 7. The Morgan fingerprint density at radius 1 is 0.967 bits per heavy atom. The summed E-state index contributed by atoms with van der Waals surface area (Å²) in [4.78, 5) is 3.73. The van der Waals surface area contributed by atoms with Gasteiger partial charge in [-0.1, -0.05) is 0 Å². The molecule has 0 fully saturated rings. The van der Waals surface area contributed by atoms with Crippen molar-refractivity contribution in [3.63, 3.8) is 0 Å². The third kappa shape index (κ3) is 2.70. The molecule has 5 aromatic rings. The lowest BCUT2D eigenvalue weighted by Crippen LogP contribution is -2.22. The van der Waals surface area contributed by atoms with Gasteiger partial charge in [-0.2, -0.15) is 23.5 Å². The Labute approximate surface area is 165 Å². The largest absolute Gasteiger partial charge is 0.336 e. The van der Waals surface area contributed by atoms with Gasteiger partial charge in [0.05, 0.1) is 28.4 Å². The quantitative estimate of drug-likeness (QED) is 0.424. The lowest BCUT2D eigenvalue weighted by Gasteiger charge is -2.15. The number of fused-ring (bicyclic) bond motifs is 2. The summed E-state index contributed by atoms with van der Waals surface area (Å²) in [7, 11) is 1.57. The van der Waals surface area contributed by atoms with Gasteiger partial charge in [-0.05, 0) is 30.3 Å². The van der Waals surface area contributed by atoms with Crippen LogP contribution in [0.5, 0.6) is 0 Å². The zero-order chi connectivity index (χ0) is 21.0. The Hall–Kier alpha value is -3.89. The predicted octanol–water partition coefficient (Wildman–Crippen LogP) is 3.49. The molecule has 150 valence electrons. The first-order chi connectivity index (χ1) is 14.3. The van der Waals surface area contributed by atoms with Crippen LogP contribution in [0, 0.1) is 11.6 Å². The highest BCUT2D eigenvalue weighted by atomic mass is 19.3. The molecule has 4 heterocycles. The molecule has 0 aliphatic carbocycles. The van der Waals surface area contributed by atoms with E-state index < -0.39 is 28.9 Å². The molecule has 0 unspecified atom stereocenters. The molecule has 0 N–H and O–H groups in total. The number of halogens is 4. The first kappa shape index (κ1) is 18.2. The van der Waals surface area contributed by atoms with Gasteiger partial charge in [-0.3, -0.25) is 9.67 Å². The van der Waals surface area contributed by atoms with Crippen molar-refractivity contribution in [1.82, 2.24) is 34.6 Å². The SMILES string of the molecule is Cn1cc2c(F)c(C(F)(F)c3nnc4ccc(-c5cncc(F)c5)nn34)ccc2n1. The number of alkyl halides is 2. The van der Waals surface area contributed by atoms with E-state index in [1.165, 1.54) is 41.3 Å². The topological polar surface area (TPSA) is 73.8 Å². The minimum absolute atomic E-state index is 0.0284. The first-order valence-corrected chi connectivity index (χ1v) is 8.68. The smallest absolute Gasteiger partial charge is 0.274 e. The predicted molar refractivity (Wildman–Crippen MR) is 97.6 cm³/mol. The lowest BCUT2D eigenvalue weighted by atomic mass is 10.0. The molecule has 0 atom stereocenters. The summed E-state index contributed by atoms with van der Waals surface area (Å²) in [6.45, 7) is 0. The molecule has 0 radical (unpaired) electrons. The fourth-order valence-corrected chi connectivity index (χ4v) is 3.23. The molecule has 0 saturated heterocycles. The molecule has 0 bridgehead atoms. The van der Waals surface area contributed by atoms with E-state index in [1.54, 1.807) is 7.05 Å². The maximum absolute atomic E-state index is 15.3. The van der Waals surface area contributed by atoms with E-state index in [0.717, 1.165) is 16.8 Å². The number of aryl methyl sites for hydroxylation is 1. The first-order valence-electron chi connectivity index (χ1n) is 8.68. The summed E-state index contributed by atoms with van der Waals surface area (Å²) < 4.78 is 61.2.